The molecule has 1 amide bonds. The quantitative estimate of drug-likeness (QED) is 0.749. The van der Waals surface area contributed by atoms with Crippen LogP contribution in [-0.4, -0.2) is 21.0 Å². The Hall–Kier alpha value is -1.54. The van der Waals surface area contributed by atoms with Gasteiger partial charge in [0.15, 0.2) is 5.13 Å². The van der Waals surface area contributed by atoms with E-state index in [9.17, 15) is 9.90 Å². The average Bonchev–Trinajstić information content (AvgIpc) is 3.03. The zero-order valence-corrected chi connectivity index (χ0v) is 14.1. The maximum absolute atomic E-state index is 12.4. The highest BCUT2D eigenvalue weighted by Gasteiger charge is 2.21. The van der Waals surface area contributed by atoms with Crippen LogP contribution in [0.2, 0.25) is 5.02 Å². The normalized spacial score (nSPS) is 11.8. The van der Waals surface area contributed by atoms with E-state index in [2.05, 4.69) is 15.3 Å². The van der Waals surface area contributed by atoms with Crippen molar-refractivity contribution in [2.75, 3.05) is 5.32 Å². The molecule has 0 spiro atoms. The maximum atomic E-state index is 12.4. The Labute approximate surface area is 139 Å². The number of fused-ring (bicyclic) bond motifs is 1. The van der Waals surface area contributed by atoms with Crippen LogP contribution in [0.15, 0.2) is 23.8 Å². The van der Waals surface area contributed by atoms with Crippen molar-refractivity contribution in [2.45, 2.75) is 19.4 Å². The summed E-state index contributed by atoms with van der Waals surface area (Å²) in [6, 6.07) is 1.78. The van der Waals surface area contributed by atoms with Gasteiger partial charge in [-0.25, -0.2) is 4.98 Å². The number of pyridine rings is 1. The van der Waals surface area contributed by atoms with E-state index >= 15 is 0 Å². The summed E-state index contributed by atoms with van der Waals surface area (Å²) in [6.45, 7) is 3.35. The van der Waals surface area contributed by atoms with Crippen molar-refractivity contribution in [2.24, 2.45) is 0 Å². The van der Waals surface area contributed by atoms with E-state index < -0.39 is 5.60 Å². The highest BCUT2D eigenvalue weighted by atomic mass is 35.5. The molecule has 0 saturated carbocycles. The summed E-state index contributed by atoms with van der Waals surface area (Å²) in [5, 5.41) is 15.4. The molecular weight excluding hydrogens is 342 g/mol. The zero-order chi connectivity index (χ0) is 15.9. The fourth-order valence-electron chi connectivity index (χ4n) is 1.83. The lowest BCUT2D eigenvalue weighted by Crippen LogP contribution is -2.13. The Morgan fingerprint density at radius 1 is 1.36 bits per heavy atom. The van der Waals surface area contributed by atoms with Gasteiger partial charge in [0.25, 0.3) is 5.91 Å². The topological polar surface area (TPSA) is 75.1 Å². The van der Waals surface area contributed by atoms with Crippen LogP contribution in [0.3, 0.4) is 0 Å². The molecule has 0 aliphatic rings. The largest absolute Gasteiger partial charge is 0.385 e. The second kappa shape index (κ2) is 5.58. The minimum absolute atomic E-state index is 0.280. The summed E-state index contributed by atoms with van der Waals surface area (Å²) in [5.41, 5.74) is 0.122. The van der Waals surface area contributed by atoms with Crippen LogP contribution in [0.4, 0.5) is 5.13 Å². The van der Waals surface area contributed by atoms with E-state index in [-0.39, 0.29) is 5.91 Å². The molecule has 0 aromatic carbocycles. The molecule has 0 fully saturated rings. The molecule has 8 heteroatoms. The molecule has 3 aromatic heterocycles. The number of carbonyl (C=O) groups excluding carboxylic acids is 1. The monoisotopic (exact) mass is 353 g/mol. The molecule has 0 atom stereocenters. The lowest BCUT2D eigenvalue weighted by atomic mass is 10.1. The molecular formula is C14H12ClN3O2S2. The number of thiophene rings is 1. The number of rotatable bonds is 3. The Balaban J connectivity index is 1.86. The highest BCUT2D eigenvalue weighted by molar-refractivity contribution is 7.17. The number of carbonyl (C=O) groups is 1. The third kappa shape index (κ3) is 2.98. The van der Waals surface area contributed by atoms with E-state index in [1.165, 1.54) is 28.9 Å². The molecule has 22 heavy (non-hydrogen) atoms. The van der Waals surface area contributed by atoms with Crippen molar-refractivity contribution in [1.82, 2.24) is 9.97 Å². The van der Waals surface area contributed by atoms with Crippen LogP contribution < -0.4 is 5.32 Å². The van der Waals surface area contributed by atoms with Crippen molar-refractivity contribution < 1.29 is 9.90 Å². The summed E-state index contributed by atoms with van der Waals surface area (Å²) in [4.78, 5) is 21.4. The lowest BCUT2D eigenvalue weighted by molar-refractivity contribution is 0.0823. The van der Waals surface area contributed by atoms with Crippen LogP contribution in [0.1, 0.15) is 29.1 Å². The number of hydrogen-bond donors (Lipinski definition) is 2. The molecule has 0 aliphatic carbocycles. The van der Waals surface area contributed by atoms with Gasteiger partial charge < -0.3 is 5.11 Å². The first kappa shape index (κ1) is 15.4. The second-order valence-corrected chi connectivity index (χ2v) is 7.57. The van der Waals surface area contributed by atoms with Gasteiger partial charge in [0, 0.05) is 17.8 Å². The van der Waals surface area contributed by atoms with Crippen molar-refractivity contribution in [3.8, 4) is 0 Å². The van der Waals surface area contributed by atoms with E-state index in [0.717, 1.165) is 4.70 Å². The van der Waals surface area contributed by atoms with Gasteiger partial charge in [-0.1, -0.05) is 22.9 Å². The Morgan fingerprint density at radius 2 is 2.14 bits per heavy atom. The van der Waals surface area contributed by atoms with Crippen molar-refractivity contribution >= 4 is 55.5 Å². The number of thiazole rings is 1. The van der Waals surface area contributed by atoms with Gasteiger partial charge in [-0.05, 0) is 19.9 Å². The van der Waals surface area contributed by atoms with Gasteiger partial charge in [-0.3, -0.25) is 15.1 Å². The molecule has 3 heterocycles. The van der Waals surface area contributed by atoms with Crippen LogP contribution in [0.25, 0.3) is 10.2 Å². The summed E-state index contributed by atoms with van der Waals surface area (Å²) in [6.07, 6.45) is 3.08. The first-order valence-corrected chi connectivity index (χ1v) is 8.45. The fraction of sp³-hybridized carbons (Fsp3) is 0.214. The summed E-state index contributed by atoms with van der Waals surface area (Å²) in [5.74, 6) is -0.280. The third-order valence-corrected chi connectivity index (χ3v) is 5.30. The van der Waals surface area contributed by atoms with Crippen LogP contribution in [0.5, 0.6) is 0 Å². The molecule has 0 aliphatic heterocycles. The fourth-order valence-corrected chi connectivity index (χ4v) is 3.80. The number of nitrogens with one attached hydrogen (secondary N) is 1. The van der Waals surface area contributed by atoms with Crippen molar-refractivity contribution in [3.63, 3.8) is 0 Å². The molecule has 114 valence electrons. The summed E-state index contributed by atoms with van der Waals surface area (Å²) < 4.78 is 0.856. The third-order valence-electron chi connectivity index (χ3n) is 2.95. The van der Waals surface area contributed by atoms with Gasteiger partial charge in [-0.15, -0.1) is 11.3 Å². The Morgan fingerprint density at radius 3 is 2.82 bits per heavy atom. The van der Waals surface area contributed by atoms with E-state index in [0.29, 0.717) is 26.1 Å². The minimum Gasteiger partial charge on any atom is -0.385 e. The van der Waals surface area contributed by atoms with E-state index in [1.807, 2.05) is 0 Å². The standard InChI is InChI=1S/C14H12ClN3O2S2/c1-14(2,20)10-5-17-13(22-10)18-12(19)8-6-21-9-3-7(15)4-16-11(8)9/h3-6,20H,1-2H3,(H,17,18,19). The molecule has 3 rings (SSSR count). The number of hydrogen-bond acceptors (Lipinski definition) is 6. The van der Waals surface area contributed by atoms with Gasteiger partial charge >= 0.3 is 0 Å². The number of nitrogens with zero attached hydrogens (tertiary/aromatic N) is 2. The second-order valence-electron chi connectivity index (χ2n) is 5.19. The molecule has 0 unspecified atom stereocenters. The number of amides is 1. The molecule has 0 bridgehead atoms. The van der Waals surface area contributed by atoms with Gasteiger partial charge in [0.05, 0.1) is 31.3 Å². The zero-order valence-electron chi connectivity index (χ0n) is 11.8. The molecule has 3 aromatic rings. The molecule has 0 radical (unpaired) electrons. The van der Waals surface area contributed by atoms with Crippen LogP contribution >= 0.6 is 34.3 Å². The van der Waals surface area contributed by atoms with Gasteiger partial charge in [0.1, 0.15) is 0 Å². The first-order chi connectivity index (χ1) is 10.3. The predicted molar refractivity (Wildman–Crippen MR) is 89.9 cm³/mol. The number of aromatic nitrogens is 2. The number of anilines is 1. The summed E-state index contributed by atoms with van der Waals surface area (Å²) >= 11 is 8.55. The van der Waals surface area contributed by atoms with Crippen LogP contribution in [-0.2, 0) is 5.60 Å². The average molecular weight is 354 g/mol. The van der Waals surface area contributed by atoms with Gasteiger partial charge in [0.2, 0.25) is 0 Å². The highest BCUT2D eigenvalue weighted by Crippen LogP contribution is 2.30. The van der Waals surface area contributed by atoms with E-state index in [1.54, 1.807) is 31.5 Å². The van der Waals surface area contributed by atoms with E-state index in [4.69, 9.17) is 11.6 Å². The minimum atomic E-state index is -0.978. The molecule has 0 saturated heterocycles. The Kier molecular flexibility index (Phi) is 3.90. The molecule has 2 N–H and O–H groups in total. The Bertz CT molecular complexity index is 851. The SMILES string of the molecule is CC(C)(O)c1cnc(NC(=O)c2csc3cc(Cl)cnc23)s1. The van der Waals surface area contributed by atoms with Gasteiger partial charge in [-0.2, -0.15) is 0 Å². The maximum Gasteiger partial charge on any atom is 0.260 e. The lowest BCUT2D eigenvalue weighted by Gasteiger charge is -2.12. The summed E-state index contributed by atoms with van der Waals surface area (Å²) in [7, 11) is 0. The number of halogens is 1. The van der Waals surface area contributed by atoms with Crippen LogP contribution in [0, 0.1) is 0 Å². The first-order valence-electron chi connectivity index (χ1n) is 6.37. The van der Waals surface area contributed by atoms with Crippen molar-refractivity contribution in [3.05, 3.63) is 39.3 Å². The predicted octanol–water partition coefficient (Wildman–Crippen LogP) is 3.89. The number of aliphatic hydroxyl groups is 1. The smallest absolute Gasteiger partial charge is 0.260 e. The molecule has 5 nitrogen and oxygen atoms in total. The van der Waals surface area contributed by atoms with Crippen molar-refractivity contribution in [1.29, 1.82) is 0 Å².